The first-order valence-electron chi connectivity index (χ1n) is 5.66. The zero-order valence-electron chi connectivity index (χ0n) is 10.4. The monoisotopic (exact) mass is 271 g/mol. The fourth-order valence-electron chi connectivity index (χ4n) is 1.27. The Kier molecular flexibility index (Phi) is 5.87. The lowest BCUT2D eigenvalue weighted by atomic mass is 10.2. The molecule has 6 nitrogen and oxygen atoms in total. The van der Waals surface area contributed by atoms with E-state index in [4.69, 9.17) is 10.5 Å². The lowest BCUT2D eigenvalue weighted by Crippen LogP contribution is -2.32. The number of aryl methyl sites for hydroxylation is 1. The molecule has 0 bridgehead atoms. The van der Waals surface area contributed by atoms with E-state index in [1.807, 2.05) is 0 Å². The Morgan fingerprint density at radius 2 is 2.39 bits per heavy atom. The third kappa shape index (κ3) is 4.89. The number of aromatic amines is 1. The molecule has 100 valence electrons. The van der Waals surface area contributed by atoms with Crippen molar-refractivity contribution in [2.24, 2.45) is 5.73 Å². The van der Waals surface area contributed by atoms with Gasteiger partial charge in [-0.25, -0.2) is 4.98 Å². The second kappa shape index (κ2) is 7.17. The Bertz CT molecular complexity index is 461. The number of hydrogen-bond acceptors (Lipinski definition) is 6. The summed E-state index contributed by atoms with van der Waals surface area (Å²) < 4.78 is 4.80. The van der Waals surface area contributed by atoms with Crippen LogP contribution in [0, 0.1) is 6.92 Å². The second-order valence-corrected chi connectivity index (χ2v) is 4.77. The van der Waals surface area contributed by atoms with E-state index < -0.39 is 12.0 Å². The van der Waals surface area contributed by atoms with Gasteiger partial charge in [0.1, 0.15) is 6.04 Å². The molecule has 1 unspecified atom stereocenters. The van der Waals surface area contributed by atoms with Crippen molar-refractivity contribution in [3.05, 3.63) is 22.1 Å². The summed E-state index contributed by atoms with van der Waals surface area (Å²) in [5.41, 5.74) is 6.13. The van der Waals surface area contributed by atoms with Crippen LogP contribution >= 0.6 is 11.8 Å². The van der Waals surface area contributed by atoms with Crippen LogP contribution in [0.5, 0.6) is 0 Å². The molecule has 0 radical (unpaired) electrons. The SMILES string of the molecule is CCOC(=O)C(N)CCSc1nc(C)cc(=O)[nH]1. The molecule has 7 heteroatoms. The molecule has 3 N–H and O–H groups in total. The number of hydrogen-bond donors (Lipinski definition) is 2. The first kappa shape index (κ1) is 14.7. The van der Waals surface area contributed by atoms with Crippen LogP contribution in [0.4, 0.5) is 0 Å². The molecule has 0 aliphatic carbocycles. The summed E-state index contributed by atoms with van der Waals surface area (Å²) in [5, 5.41) is 0.538. The average molecular weight is 271 g/mol. The Morgan fingerprint density at radius 3 is 3.00 bits per heavy atom. The maximum absolute atomic E-state index is 11.3. The van der Waals surface area contributed by atoms with E-state index in [1.165, 1.54) is 17.8 Å². The van der Waals surface area contributed by atoms with E-state index in [0.717, 1.165) is 0 Å². The Balaban J connectivity index is 2.41. The van der Waals surface area contributed by atoms with Crippen molar-refractivity contribution >= 4 is 17.7 Å². The van der Waals surface area contributed by atoms with E-state index in [2.05, 4.69) is 9.97 Å². The molecule has 1 aromatic rings. The third-order valence-corrected chi connectivity index (χ3v) is 3.01. The van der Waals surface area contributed by atoms with Crippen molar-refractivity contribution in [3.8, 4) is 0 Å². The van der Waals surface area contributed by atoms with Gasteiger partial charge in [0, 0.05) is 17.5 Å². The van der Waals surface area contributed by atoms with Crippen LogP contribution < -0.4 is 11.3 Å². The summed E-state index contributed by atoms with van der Waals surface area (Å²) in [6, 6.07) is 0.794. The molecule has 18 heavy (non-hydrogen) atoms. The molecule has 0 amide bonds. The van der Waals surface area contributed by atoms with Crippen molar-refractivity contribution in [1.29, 1.82) is 0 Å². The van der Waals surface area contributed by atoms with E-state index in [1.54, 1.807) is 13.8 Å². The normalized spacial score (nSPS) is 12.2. The standard InChI is InChI=1S/C11H17N3O3S/c1-3-17-10(16)8(12)4-5-18-11-13-7(2)6-9(15)14-11/h6,8H,3-5,12H2,1-2H3,(H,13,14,15). The van der Waals surface area contributed by atoms with Crippen LogP contribution in [0.3, 0.4) is 0 Å². The van der Waals surface area contributed by atoms with Gasteiger partial charge in [-0.3, -0.25) is 9.59 Å². The number of nitrogens with zero attached hydrogens (tertiary/aromatic N) is 1. The van der Waals surface area contributed by atoms with Crippen molar-refractivity contribution in [2.45, 2.75) is 31.5 Å². The second-order valence-electron chi connectivity index (χ2n) is 3.69. The predicted octanol–water partition coefficient (Wildman–Crippen LogP) is 0.451. The van der Waals surface area contributed by atoms with Crippen LogP contribution in [0.1, 0.15) is 19.0 Å². The van der Waals surface area contributed by atoms with E-state index >= 15 is 0 Å². The first-order chi connectivity index (χ1) is 8.52. The minimum atomic E-state index is -0.631. The van der Waals surface area contributed by atoms with Gasteiger partial charge in [-0.1, -0.05) is 11.8 Å². The number of carbonyl (C=O) groups excluding carboxylic acids is 1. The number of H-pyrrole nitrogens is 1. The number of thioether (sulfide) groups is 1. The van der Waals surface area contributed by atoms with Crippen molar-refractivity contribution in [1.82, 2.24) is 9.97 Å². The van der Waals surface area contributed by atoms with E-state index in [9.17, 15) is 9.59 Å². The molecule has 0 fully saturated rings. The first-order valence-corrected chi connectivity index (χ1v) is 6.64. The van der Waals surface area contributed by atoms with Gasteiger partial charge in [0.05, 0.1) is 6.61 Å². The number of rotatable bonds is 6. The molecule has 1 rings (SSSR count). The van der Waals surface area contributed by atoms with Crippen LogP contribution in [0.15, 0.2) is 16.0 Å². The van der Waals surface area contributed by atoms with Crippen molar-refractivity contribution in [2.75, 3.05) is 12.4 Å². The smallest absolute Gasteiger partial charge is 0.322 e. The average Bonchev–Trinajstić information content (AvgIpc) is 2.27. The van der Waals surface area contributed by atoms with Crippen LogP contribution in [0.25, 0.3) is 0 Å². The Hall–Kier alpha value is -1.34. The third-order valence-electron chi connectivity index (χ3n) is 2.10. The highest BCUT2D eigenvalue weighted by atomic mass is 32.2. The highest BCUT2D eigenvalue weighted by Gasteiger charge is 2.14. The van der Waals surface area contributed by atoms with Crippen LogP contribution in [0.2, 0.25) is 0 Å². The van der Waals surface area contributed by atoms with Gasteiger partial charge < -0.3 is 15.5 Å². The minimum absolute atomic E-state index is 0.181. The highest BCUT2D eigenvalue weighted by molar-refractivity contribution is 7.99. The maximum Gasteiger partial charge on any atom is 0.322 e. The van der Waals surface area contributed by atoms with Gasteiger partial charge in [-0.05, 0) is 20.3 Å². The van der Waals surface area contributed by atoms with Gasteiger partial charge in [0.15, 0.2) is 5.16 Å². The number of nitrogens with one attached hydrogen (secondary N) is 1. The molecule has 1 aromatic heterocycles. The van der Waals surface area contributed by atoms with E-state index in [-0.39, 0.29) is 5.56 Å². The lowest BCUT2D eigenvalue weighted by Gasteiger charge is -2.09. The van der Waals surface area contributed by atoms with Crippen molar-refractivity contribution < 1.29 is 9.53 Å². The number of aromatic nitrogens is 2. The highest BCUT2D eigenvalue weighted by Crippen LogP contribution is 2.13. The predicted molar refractivity (Wildman–Crippen MR) is 69.5 cm³/mol. The zero-order valence-corrected chi connectivity index (χ0v) is 11.3. The number of nitrogens with two attached hydrogens (primary N) is 1. The van der Waals surface area contributed by atoms with Gasteiger partial charge >= 0.3 is 5.97 Å². The van der Waals surface area contributed by atoms with Gasteiger partial charge in [0.2, 0.25) is 0 Å². The van der Waals surface area contributed by atoms with Gasteiger partial charge in [-0.15, -0.1) is 0 Å². The number of ether oxygens (including phenoxy) is 1. The molecule has 0 spiro atoms. The molecule has 0 saturated heterocycles. The molecule has 0 aliphatic heterocycles. The molecular formula is C11H17N3O3S. The summed E-state index contributed by atoms with van der Waals surface area (Å²) in [5.74, 6) is 0.190. The Labute approximate surface area is 109 Å². The lowest BCUT2D eigenvalue weighted by molar-refractivity contribution is -0.144. The topological polar surface area (TPSA) is 98.1 Å². The quantitative estimate of drug-likeness (QED) is 0.443. The van der Waals surface area contributed by atoms with Crippen LogP contribution in [-0.2, 0) is 9.53 Å². The van der Waals surface area contributed by atoms with Crippen LogP contribution in [-0.4, -0.2) is 34.3 Å². The zero-order chi connectivity index (χ0) is 13.5. The summed E-state index contributed by atoms with van der Waals surface area (Å²) in [4.78, 5) is 29.2. The molecule has 0 aliphatic rings. The maximum atomic E-state index is 11.3. The minimum Gasteiger partial charge on any atom is -0.465 e. The fraction of sp³-hybridized carbons (Fsp3) is 0.545. The summed E-state index contributed by atoms with van der Waals surface area (Å²) >= 11 is 1.36. The summed E-state index contributed by atoms with van der Waals surface area (Å²) in [6.07, 6.45) is 0.473. The Morgan fingerprint density at radius 1 is 1.67 bits per heavy atom. The molecular weight excluding hydrogens is 254 g/mol. The summed E-state index contributed by atoms with van der Waals surface area (Å²) in [7, 11) is 0. The number of carbonyl (C=O) groups is 1. The van der Waals surface area contributed by atoms with Gasteiger partial charge in [-0.2, -0.15) is 0 Å². The van der Waals surface area contributed by atoms with Gasteiger partial charge in [0.25, 0.3) is 5.56 Å². The fourth-order valence-corrected chi connectivity index (χ4v) is 2.22. The summed E-state index contributed by atoms with van der Waals surface area (Å²) in [6.45, 7) is 3.82. The largest absolute Gasteiger partial charge is 0.465 e. The van der Waals surface area contributed by atoms with E-state index in [0.29, 0.717) is 29.6 Å². The van der Waals surface area contributed by atoms with Crippen molar-refractivity contribution in [3.63, 3.8) is 0 Å². The molecule has 1 atom stereocenters. The molecule has 0 saturated carbocycles. The molecule has 0 aromatic carbocycles. The number of esters is 1. The molecule has 1 heterocycles.